The first-order valence-corrected chi connectivity index (χ1v) is 9.11. The van der Waals surface area contributed by atoms with Gasteiger partial charge in [0.1, 0.15) is 5.75 Å². The molecular formula is C20H20ClF2NO3. The minimum atomic E-state index is -0.893. The van der Waals surface area contributed by atoms with Crippen molar-refractivity contribution in [3.63, 3.8) is 0 Å². The Kier molecular flexibility index (Phi) is 6.63. The molecule has 1 saturated heterocycles. The third-order valence-corrected chi connectivity index (χ3v) is 4.63. The standard InChI is InChI=1S/C20H20ClF2NO3/c21-15-4-6-16(7-5-15)27-13-20(25)24-9-1-2-17(11-24)26-12-14-3-8-18(22)19(23)10-14/h3-8,10,17H,1-2,9,11-13H2. The van der Waals surface area contributed by atoms with Crippen LogP contribution in [-0.4, -0.2) is 36.6 Å². The number of ether oxygens (including phenoxy) is 2. The Bertz CT molecular complexity index is 785. The van der Waals surface area contributed by atoms with Crippen LogP contribution in [0.4, 0.5) is 8.78 Å². The zero-order chi connectivity index (χ0) is 19.2. The lowest BCUT2D eigenvalue weighted by Gasteiger charge is -2.32. The summed E-state index contributed by atoms with van der Waals surface area (Å²) in [6, 6.07) is 10.5. The van der Waals surface area contributed by atoms with Crippen molar-refractivity contribution in [1.29, 1.82) is 0 Å². The summed E-state index contributed by atoms with van der Waals surface area (Å²) in [4.78, 5) is 14.1. The maximum absolute atomic E-state index is 13.3. The van der Waals surface area contributed by atoms with Crippen LogP contribution in [0.3, 0.4) is 0 Å². The van der Waals surface area contributed by atoms with Gasteiger partial charge in [-0.2, -0.15) is 0 Å². The normalized spacial score (nSPS) is 17.0. The highest BCUT2D eigenvalue weighted by Gasteiger charge is 2.24. The third-order valence-electron chi connectivity index (χ3n) is 4.38. The van der Waals surface area contributed by atoms with E-state index in [1.807, 2.05) is 0 Å². The Morgan fingerprint density at radius 2 is 1.93 bits per heavy atom. The quantitative estimate of drug-likeness (QED) is 0.735. The first-order chi connectivity index (χ1) is 13.0. The average molecular weight is 396 g/mol. The number of rotatable bonds is 6. The number of hydrogen-bond acceptors (Lipinski definition) is 3. The van der Waals surface area contributed by atoms with Crippen LogP contribution in [0.15, 0.2) is 42.5 Å². The smallest absolute Gasteiger partial charge is 0.260 e. The summed E-state index contributed by atoms with van der Waals surface area (Å²) in [7, 11) is 0. The lowest BCUT2D eigenvalue weighted by atomic mass is 10.1. The molecular weight excluding hydrogens is 376 g/mol. The van der Waals surface area contributed by atoms with Gasteiger partial charge in [0.2, 0.25) is 0 Å². The molecule has 1 heterocycles. The van der Waals surface area contributed by atoms with Crippen LogP contribution in [0.5, 0.6) is 5.75 Å². The van der Waals surface area contributed by atoms with Crippen LogP contribution in [0, 0.1) is 11.6 Å². The van der Waals surface area contributed by atoms with Gasteiger partial charge in [-0.25, -0.2) is 8.78 Å². The minimum Gasteiger partial charge on any atom is -0.484 e. The van der Waals surface area contributed by atoms with E-state index in [-0.39, 0.29) is 25.2 Å². The number of hydrogen-bond donors (Lipinski definition) is 0. The molecule has 0 saturated carbocycles. The van der Waals surface area contributed by atoms with Gasteiger partial charge in [0, 0.05) is 18.1 Å². The highest BCUT2D eigenvalue weighted by molar-refractivity contribution is 6.30. The summed E-state index contributed by atoms with van der Waals surface area (Å²) in [5, 5.41) is 0.603. The molecule has 144 valence electrons. The van der Waals surface area contributed by atoms with Gasteiger partial charge in [-0.3, -0.25) is 4.79 Å². The maximum atomic E-state index is 13.3. The van der Waals surface area contributed by atoms with E-state index < -0.39 is 11.6 Å². The first kappa shape index (κ1) is 19.6. The van der Waals surface area contributed by atoms with E-state index in [0.29, 0.717) is 29.4 Å². The number of benzene rings is 2. The summed E-state index contributed by atoms with van der Waals surface area (Å²) in [6.45, 7) is 1.21. The molecule has 1 aliphatic rings. The van der Waals surface area contributed by atoms with Crippen molar-refractivity contribution in [1.82, 2.24) is 4.90 Å². The molecule has 1 aliphatic heterocycles. The summed E-state index contributed by atoms with van der Waals surface area (Å²) in [5.41, 5.74) is 0.559. The van der Waals surface area contributed by atoms with Crippen molar-refractivity contribution in [3.05, 3.63) is 64.7 Å². The van der Waals surface area contributed by atoms with Gasteiger partial charge in [0.25, 0.3) is 5.91 Å². The molecule has 2 aromatic carbocycles. The number of carbonyl (C=O) groups excluding carboxylic acids is 1. The van der Waals surface area contributed by atoms with Crippen LogP contribution in [0.2, 0.25) is 5.02 Å². The molecule has 7 heteroatoms. The van der Waals surface area contributed by atoms with E-state index in [9.17, 15) is 13.6 Å². The topological polar surface area (TPSA) is 38.8 Å². The zero-order valence-electron chi connectivity index (χ0n) is 14.7. The van der Waals surface area contributed by atoms with Gasteiger partial charge in [-0.1, -0.05) is 17.7 Å². The van der Waals surface area contributed by atoms with E-state index in [1.165, 1.54) is 6.07 Å². The predicted octanol–water partition coefficient (Wildman–Crippen LogP) is 4.20. The molecule has 0 N–H and O–H groups in total. The Hall–Kier alpha value is -2.18. The van der Waals surface area contributed by atoms with Gasteiger partial charge in [0.05, 0.1) is 12.7 Å². The van der Waals surface area contributed by atoms with Crippen molar-refractivity contribution >= 4 is 17.5 Å². The molecule has 27 heavy (non-hydrogen) atoms. The lowest BCUT2D eigenvalue weighted by Crippen LogP contribution is -2.45. The summed E-state index contributed by atoms with van der Waals surface area (Å²) in [5.74, 6) is -1.31. The van der Waals surface area contributed by atoms with Crippen LogP contribution >= 0.6 is 11.6 Å². The lowest BCUT2D eigenvalue weighted by molar-refractivity contribution is -0.137. The number of amides is 1. The summed E-state index contributed by atoms with van der Waals surface area (Å²) < 4.78 is 37.5. The van der Waals surface area contributed by atoms with Crippen molar-refractivity contribution < 1.29 is 23.0 Å². The largest absolute Gasteiger partial charge is 0.484 e. The van der Waals surface area contributed by atoms with Crippen molar-refractivity contribution in [2.24, 2.45) is 0 Å². The fourth-order valence-electron chi connectivity index (χ4n) is 2.91. The number of likely N-dealkylation sites (tertiary alicyclic amines) is 1. The minimum absolute atomic E-state index is 0.0580. The third kappa shape index (κ3) is 5.65. The van der Waals surface area contributed by atoms with E-state index in [1.54, 1.807) is 29.2 Å². The van der Waals surface area contributed by atoms with Crippen molar-refractivity contribution in [2.75, 3.05) is 19.7 Å². The van der Waals surface area contributed by atoms with Crippen molar-refractivity contribution in [3.8, 4) is 5.75 Å². The number of halogens is 3. The second-order valence-electron chi connectivity index (χ2n) is 6.41. The Balaban J connectivity index is 1.47. The molecule has 0 spiro atoms. The van der Waals surface area contributed by atoms with E-state index >= 15 is 0 Å². The summed E-state index contributed by atoms with van der Waals surface area (Å²) in [6.07, 6.45) is 1.48. The maximum Gasteiger partial charge on any atom is 0.260 e. The Labute approximate surface area is 161 Å². The Morgan fingerprint density at radius 1 is 1.15 bits per heavy atom. The van der Waals surface area contributed by atoms with Gasteiger partial charge in [-0.15, -0.1) is 0 Å². The van der Waals surface area contributed by atoms with Crippen LogP contribution < -0.4 is 4.74 Å². The summed E-state index contributed by atoms with van der Waals surface area (Å²) >= 11 is 5.82. The van der Waals surface area contributed by atoms with E-state index in [4.69, 9.17) is 21.1 Å². The number of nitrogens with zero attached hydrogens (tertiary/aromatic N) is 1. The molecule has 2 aromatic rings. The van der Waals surface area contributed by atoms with Gasteiger partial charge >= 0.3 is 0 Å². The molecule has 1 amide bonds. The molecule has 1 atom stereocenters. The van der Waals surface area contributed by atoms with Gasteiger partial charge < -0.3 is 14.4 Å². The fraction of sp³-hybridized carbons (Fsp3) is 0.350. The van der Waals surface area contributed by atoms with E-state index in [0.717, 1.165) is 25.0 Å². The molecule has 0 aliphatic carbocycles. The number of piperidine rings is 1. The van der Waals surface area contributed by atoms with Crippen LogP contribution in [0.25, 0.3) is 0 Å². The first-order valence-electron chi connectivity index (χ1n) is 8.73. The zero-order valence-corrected chi connectivity index (χ0v) is 15.4. The molecule has 1 unspecified atom stereocenters. The SMILES string of the molecule is O=C(COc1ccc(Cl)cc1)N1CCCC(OCc2ccc(F)c(F)c2)C1. The van der Waals surface area contributed by atoms with Crippen LogP contribution in [-0.2, 0) is 16.1 Å². The second-order valence-corrected chi connectivity index (χ2v) is 6.84. The van der Waals surface area contributed by atoms with E-state index in [2.05, 4.69) is 0 Å². The van der Waals surface area contributed by atoms with Gasteiger partial charge in [0.15, 0.2) is 18.2 Å². The molecule has 0 aromatic heterocycles. The highest BCUT2D eigenvalue weighted by atomic mass is 35.5. The van der Waals surface area contributed by atoms with Crippen LogP contribution in [0.1, 0.15) is 18.4 Å². The average Bonchev–Trinajstić information content (AvgIpc) is 2.68. The second kappa shape index (κ2) is 9.15. The molecule has 1 fully saturated rings. The molecule has 4 nitrogen and oxygen atoms in total. The molecule has 0 radical (unpaired) electrons. The highest BCUT2D eigenvalue weighted by Crippen LogP contribution is 2.18. The van der Waals surface area contributed by atoms with Crippen molar-refractivity contribution in [2.45, 2.75) is 25.6 Å². The molecule has 0 bridgehead atoms. The predicted molar refractivity (Wildman–Crippen MR) is 97.7 cm³/mol. The number of carbonyl (C=O) groups is 1. The van der Waals surface area contributed by atoms with Gasteiger partial charge in [-0.05, 0) is 54.8 Å². The monoisotopic (exact) mass is 395 g/mol. The fourth-order valence-corrected chi connectivity index (χ4v) is 3.04. The molecule has 3 rings (SSSR count). The Morgan fingerprint density at radius 3 is 2.67 bits per heavy atom.